The Hall–Kier alpha value is -2.04. The third-order valence-corrected chi connectivity index (χ3v) is 2.97. The van der Waals surface area contributed by atoms with E-state index in [0.29, 0.717) is 22.6 Å². The molecule has 0 unspecified atom stereocenters. The zero-order valence-electron chi connectivity index (χ0n) is 10.9. The molecule has 0 atom stereocenters. The Labute approximate surface area is 105 Å². The van der Waals surface area contributed by atoms with Crippen LogP contribution in [-0.4, -0.2) is 30.2 Å². The van der Waals surface area contributed by atoms with Crippen LogP contribution in [0, 0.1) is 0 Å². The summed E-state index contributed by atoms with van der Waals surface area (Å²) in [6, 6.07) is 5.41. The fourth-order valence-corrected chi connectivity index (χ4v) is 1.99. The number of benzene rings is 1. The molecule has 0 aliphatic heterocycles. The van der Waals surface area contributed by atoms with Crippen molar-refractivity contribution in [2.45, 2.75) is 13.8 Å². The number of fused-ring (bicyclic) bond motifs is 1. The van der Waals surface area contributed by atoms with Crippen molar-refractivity contribution in [3.05, 3.63) is 28.6 Å². The van der Waals surface area contributed by atoms with Crippen molar-refractivity contribution >= 4 is 16.9 Å². The summed E-state index contributed by atoms with van der Waals surface area (Å²) >= 11 is 0. The van der Waals surface area contributed by atoms with Crippen LogP contribution in [0.4, 0.5) is 5.95 Å². The second kappa shape index (κ2) is 5.08. The van der Waals surface area contributed by atoms with Crippen LogP contribution in [0.1, 0.15) is 13.8 Å². The van der Waals surface area contributed by atoms with Crippen LogP contribution >= 0.6 is 0 Å². The van der Waals surface area contributed by atoms with Crippen LogP contribution < -0.4 is 15.2 Å². The van der Waals surface area contributed by atoms with Crippen molar-refractivity contribution in [3.63, 3.8) is 0 Å². The molecule has 0 saturated carbocycles. The first-order valence-electron chi connectivity index (χ1n) is 6.03. The average Bonchev–Trinajstić information content (AvgIpc) is 2.39. The molecular formula is C13H17N3O2. The Morgan fingerprint density at radius 3 is 2.67 bits per heavy atom. The van der Waals surface area contributed by atoms with E-state index in [-0.39, 0.29) is 5.56 Å². The molecule has 96 valence electrons. The molecule has 0 bridgehead atoms. The van der Waals surface area contributed by atoms with E-state index in [2.05, 4.69) is 9.97 Å². The van der Waals surface area contributed by atoms with E-state index in [0.717, 1.165) is 13.1 Å². The second-order valence-corrected chi connectivity index (χ2v) is 3.92. The smallest absolute Gasteiger partial charge is 0.263 e. The van der Waals surface area contributed by atoms with Crippen LogP contribution in [0.3, 0.4) is 0 Å². The average molecular weight is 247 g/mol. The summed E-state index contributed by atoms with van der Waals surface area (Å²) in [7, 11) is 1.55. The lowest BCUT2D eigenvalue weighted by Gasteiger charge is -2.19. The number of nitrogens with zero attached hydrogens (tertiary/aromatic N) is 2. The van der Waals surface area contributed by atoms with Crippen LogP contribution in [0.2, 0.25) is 0 Å². The van der Waals surface area contributed by atoms with Crippen LogP contribution in [0.25, 0.3) is 10.9 Å². The van der Waals surface area contributed by atoms with Gasteiger partial charge in [0.15, 0.2) is 0 Å². The van der Waals surface area contributed by atoms with Crippen LogP contribution in [0.5, 0.6) is 5.75 Å². The molecule has 0 spiro atoms. The minimum atomic E-state index is -0.167. The minimum absolute atomic E-state index is 0.167. The summed E-state index contributed by atoms with van der Waals surface area (Å²) in [6.45, 7) is 5.66. The monoisotopic (exact) mass is 247 g/mol. The van der Waals surface area contributed by atoms with Gasteiger partial charge < -0.3 is 9.64 Å². The molecule has 0 amide bonds. The zero-order valence-corrected chi connectivity index (χ0v) is 10.9. The number of anilines is 1. The number of hydrogen-bond acceptors (Lipinski definition) is 4. The molecule has 1 N–H and O–H groups in total. The number of H-pyrrole nitrogens is 1. The van der Waals surface area contributed by atoms with Gasteiger partial charge in [0.2, 0.25) is 5.95 Å². The number of hydrogen-bond donors (Lipinski definition) is 1. The molecule has 5 nitrogen and oxygen atoms in total. The van der Waals surface area contributed by atoms with Crippen molar-refractivity contribution in [2.24, 2.45) is 0 Å². The van der Waals surface area contributed by atoms with Crippen molar-refractivity contribution < 1.29 is 4.74 Å². The molecule has 2 aromatic rings. The molecule has 2 rings (SSSR count). The van der Waals surface area contributed by atoms with E-state index >= 15 is 0 Å². The molecule has 0 saturated heterocycles. The Kier molecular flexibility index (Phi) is 3.50. The third kappa shape index (κ3) is 2.03. The number of nitrogens with one attached hydrogen (secondary N) is 1. The Bertz CT molecular complexity index is 603. The second-order valence-electron chi connectivity index (χ2n) is 3.92. The normalized spacial score (nSPS) is 10.6. The van der Waals surface area contributed by atoms with E-state index in [9.17, 15) is 4.79 Å². The first-order chi connectivity index (χ1) is 8.71. The fraction of sp³-hybridized carbons (Fsp3) is 0.385. The molecule has 5 heteroatoms. The van der Waals surface area contributed by atoms with E-state index in [1.54, 1.807) is 13.2 Å². The highest BCUT2D eigenvalue weighted by atomic mass is 16.5. The van der Waals surface area contributed by atoms with E-state index in [1.807, 2.05) is 30.9 Å². The van der Waals surface area contributed by atoms with Gasteiger partial charge in [-0.3, -0.25) is 9.78 Å². The predicted molar refractivity (Wildman–Crippen MR) is 72.5 cm³/mol. The zero-order chi connectivity index (χ0) is 13.1. The maximum Gasteiger partial charge on any atom is 0.263 e. The SMILES string of the molecule is CCN(CC)c1nc2cccc(OC)c2c(=O)[nH]1. The fourth-order valence-electron chi connectivity index (χ4n) is 1.99. The van der Waals surface area contributed by atoms with Gasteiger partial charge in [-0.1, -0.05) is 6.07 Å². The maximum absolute atomic E-state index is 12.1. The lowest BCUT2D eigenvalue weighted by Crippen LogP contribution is -2.26. The lowest BCUT2D eigenvalue weighted by molar-refractivity contribution is 0.419. The van der Waals surface area contributed by atoms with Gasteiger partial charge in [-0.2, -0.15) is 0 Å². The van der Waals surface area contributed by atoms with Gasteiger partial charge in [0.25, 0.3) is 5.56 Å². The number of methoxy groups -OCH3 is 1. The highest BCUT2D eigenvalue weighted by molar-refractivity contribution is 5.84. The highest BCUT2D eigenvalue weighted by Gasteiger charge is 2.11. The molecule has 1 heterocycles. The molecule has 18 heavy (non-hydrogen) atoms. The molecule has 0 radical (unpaired) electrons. The quantitative estimate of drug-likeness (QED) is 0.894. The lowest BCUT2D eigenvalue weighted by atomic mass is 10.2. The van der Waals surface area contributed by atoms with Gasteiger partial charge >= 0.3 is 0 Å². The topological polar surface area (TPSA) is 58.2 Å². The Morgan fingerprint density at radius 1 is 1.33 bits per heavy atom. The Morgan fingerprint density at radius 2 is 2.06 bits per heavy atom. The van der Waals surface area contributed by atoms with Gasteiger partial charge in [-0.15, -0.1) is 0 Å². The number of rotatable bonds is 4. The van der Waals surface area contributed by atoms with Gasteiger partial charge in [-0.25, -0.2) is 4.98 Å². The van der Waals surface area contributed by atoms with E-state index < -0.39 is 0 Å². The molecular weight excluding hydrogens is 230 g/mol. The molecule has 0 fully saturated rings. The van der Waals surface area contributed by atoms with Crippen LogP contribution in [0.15, 0.2) is 23.0 Å². The third-order valence-electron chi connectivity index (χ3n) is 2.97. The van der Waals surface area contributed by atoms with Gasteiger partial charge in [-0.05, 0) is 26.0 Å². The number of aromatic amines is 1. The summed E-state index contributed by atoms with van der Waals surface area (Å²) in [5.41, 5.74) is 0.486. The maximum atomic E-state index is 12.1. The van der Waals surface area contributed by atoms with Crippen molar-refractivity contribution in [3.8, 4) is 5.75 Å². The summed E-state index contributed by atoms with van der Waals surface area (Å²) in [6.07, 6.45) is 0. The first-order valence-corrected chi connectivity index (χ1v) is 6.03. The summed E-state index contributed by atoms with van der Waals surface area (Å²) in [4.78, 5) is 21.4. The molecule has 1 aromatic heterocycles. The highest BCUT2D eigenvalue weighted by Crippen LogP contribution is 2.21. The molecule has 0 aliphatic carbocycles. The van der Waals surface area contributed by atoms with Crippen molar-refractivity contribution in [2.75, 3.05) is 25.1 Å². The summed E-state index contributed by atoms with van der Waals surface area (Å²) < 4.78 is 5.19. The van der Waals surface area contributed by atoms with E-state index in [1.165, 1.54) is 0 Å². The van der Waals surface area contributed by atoms with Gasteiger partial charge in [0, 0.05) is 13.1 Å². The molecule has 1 aromatic carbocycles. The largest absolute Gasteiger partial charge is 0.496 e. The van der Waals surface area contributed by atoms with E-state index in [4.69, 9.17) is 4.74 Å². The predicted octanol–water partition coefficient (Wildman–Crippen LogP) is 1.78. The number of aromatic nitrogens is 2. The van der Waals surface area contributed by atoms with Crippen molar-refractivity contribution in [1.29, 1.82) is 0 Å². The minimum Gasteiger partial charge on any atom is -0.496 e. The van der Waals surface area contributed by atoms with Crippen molar-refractivity contribution in [1.82, 2.24) is 9.97 Å². The molecule has 0 aliphatic rings. The number of ether oxygens (including phenoxy) is 1. The first kappa shape index (κ1) is 12.4. The van der Waals surface area contributed by atoms with Gasteiger partial charge in [0.05, 0.1) is 12.6 Å². The standard InChI is InChI=1S/C13H17N3O2/c1-4-16(5-2)13-14-9-7-6-8-10(18-3)11(9)12(17)15-13/h6-8H,4-5H2,1-3H3,(H,14,15,17). The summed E-state index contributed by atoms with van der Waals surface area (Å²) in [5.74, 6) is 1.15. The van der Waals surface area contributed by atoms with Crippen LogP contribution in [-0.2, 0) is 0 Å². The summed E-state index contributed by atoms with van der Waals surface area (Å²) in [5, 5.41) is 0.496. The Balaban J connectivity index is 2.67. The van der Waals surface area contributed by atoms with Gasteiger partial charge in [0.1, 0.15) is 11.1 Å².